The fourth-order valence-corrected chi connectivity index (χ4v) is 3.15. The van der Waals surface area contributed by atoms with Crippen molar-refractivity contribution >= 4 is 27.6 Å². The Morgan fingerprint density at radius 1 is 1.37 bits per heavy atom. The van der Waals surface area contributed by atoms with Gasteiger partial charge in [0, 0.05) is 35.8 Å². The molecule has 3 rings (SSSR count). The second kappa shape index (κ2) is 5.13. The van der Waals surface area contributed by atoms with Gasteiger partial charge < -0.3 is 10.2 Å². The Kier molecular flexibility index (Phi) is 3.50. The summed E-state index contributed by atoms with van der Waals surface area (Å²) in [5.41, 5.74) is 2.17. The van der Waals surface area contributed by atoms with Crippen LogP contribution in [0.5, 0.6) is 0 Å². The summed E-state index contributed by atoms with van der Waals surface area (Å²) in [6.45, 7) is 5.61. The number of benzene rings is 1. The highest BCUT2D eigenvalue weighted by atomic mass is 79.9. The molecule has 1 aromatic rings. The number of halogens is 1. The topological polar surface area (TPSA) is 35.6 Å². The van der Waals surface area contributed by atoms with E-state index in [0.29, 0.717) is 6.04 Å². The van der Waals surface area contributed by atoms with Crippen LogP contribution in [0, 0.1) is 6.92 Å². The molecule has 1 unspecified atom stereocenters. The Balaban J connectivity index is 1.79. The molecule has 4 nitrogen and oxygen atoms in total. The highest BCUT2D eigenvalue weighted by Gasteiger charge is 2.35. The minimum absolute atomic E-state index is 0.143. The molecular weight excluding hydrogens is 306 g/mol. The molecule has 2 aliphatic heterocycles. The van der Waals surface area contributed by atoms with Gasteiger partial charge in [0.25, 0.3) is 0 Å². The molecule has 1 aromatic carbocycles. The second-order valence-corrected chi connectivity index (χ2v) is 6.06. The van der Waals surface area contributed by atoms with Crippen molar-refractivity contribution in [3.8, 4) is 0 Å². The quantitative estimate of drug-likeness (QED) is 0.906. The number of urea groups is 1. The summed E-state index contributed by atoms with van der Waals surface area (Å²) in [5, 5.41) is 3.32. The maximum Gasteiger partial charge on any atom is 0.324 e. The maximum atomic E-state index is 12.5. The van der Waals surface area contributed by atoms with Crippen LogP contribution in [0.3, 0.4) is 0 Å². The molecule has 5 heteroatoms. The van der Waals surface area contributed by atoms with Gasteiger partial charge in [0.1, 0.15) is 0 Å². The maximum absolute atomic E-state index is 12.5. The Bertz CT molecular complexity index is 499. The Labute approximate surface area is 121 Å². The molecule has 0 aromatic heterocycles. The molecule has 1 atom stereocenters. The van der Waals surface area contributed by atoms with Gasteiger partial charge in [0.2, 0.25) is 0 Å². The van der Waals surface area contributed by atoms with E-state index >= 15 is 0 Å². The molecule has 2 fully saturated rings. The van der Waals surface area contributed by atoms with Gasteiger partial charge in [0.05, 0.1) is 0 Å². The first-order valence-electron chi connectivity index (χ1n) is 6.72. The first-order valence-corrected chi connectivity index (χ1v) is 7.51. The van der Waals surface area contributed by atoms with Crippen LogP contribution in [0.25, 0.3) is 0 Å². The van der Waals surface area contributed by atoms with Gasteiger partial charge in [-0.05, 0) is 37.6 Å². The minimum Gasteiger partial charge on any atom is -0.318 e. The molecule has 1 N–H and O–H groups in total. The van der Waals surface area contributed by atoms with Crippen molar-refractivity contribution in [1.82, 2.24) is 10.2 Å². The number of carbonyl (C=O) groups excluding carboxylic acids is 1. The van der Waals surface area contributed by atoms with Crippen LogP contribution in [-0.4, -0.2) is 43.2 Å². The lowest BCUT2D eigenvalue weighted by Gasteiger charge is -2.23. The van der Waals surface area contributed by atoms with E-state index in [4.69, 9.17) is 0 Å². The number of hydrogen-bond donors (Lipinski definition) is 1. The van der Waals surface area contributed by atoms with E-state index in [0.717, 1.165) is 42.8 Å². The van der Waals surface area contributed by atoms with Crippen molar-refractivity contribution in [2.75, 3.05) is 31.1 Å². The van der Waals surface area contributed by atoms with Crippen molar-refractivity contribution in [2.45, 2.75) is 19.4 Å². The molecule has 2 saturated heterocycles. The number of nitrogens with zero attached hydrogens (tertiary/aromatic N) is 2. The van der Waals surface area contributed by atoms with E-state index in [1.807, 2.05) is 28.0 Å². The summed E-state index contributed by atoms with van der Waals surface area (Å²) in [6.07, 6.45) is 1.07. The Morgan fingerprint density at radius 3 is 2.89 bits per heavy atom. The number of amides is 2. The van der Waals surface area contributed by atoms with Crippen molar-refractivity contribution in [3.63, 3.8) is 0 Å². The molecule has 0 radical (unpaired) electrons. The van der Waals surface area contributed by atoms with E-state index in [1.54, 1.807) is 0 Å². The lowest BCUT2D eigenvalue weighted by molar-refractivity contribution is 0.205. The van der Waals surface area contributed by atoms with Gasteiger partial charge in [0.15, 0.2) is 0 Å². The van der Waals surface area contributed by atoms with Crippen LogP contribution in [0.2, 0.25) is 0 Å². The average Bonchev–Trinajstić information content (AvgIpc) is 3.02. The van der Waals surface area contributed by atoms with Gasteiger partial charge in [-0.25, -0.2) is 4.79 Å². The number of hydrogen-bond acceptors (Lipinski definition) is 2. The van der Waals surface area contributed by atoms with E-state index < -0.39 is 0 Å². The highest BCUT2D eigenvalue weighted by Crippen LogP contribution is 2.27. The molecule has 19 heavy (non-hydrogen) atoms. The second-order valence-electron chi connectivity index (χ2n) is 5.21. The molecule has 2 amide bonds. The van der Waals surface area contributed by atoms with Gasteiger partial charge in [-0.1, -0.05) is 22.0 Å². The minimum atomic E-state index is 0.143. The summed E-state index contributed by atoms with van der Waals surface area (Å²) < 4.78 is 1.05. The summed E-state index contributed by atoms with van der Waals surface area (Å²) in [6, 6.07) is 6.61. The van der Waals surface area contributed by atoms with E-state index in [-0.39, 0.29) is 6.03 Å². The van der Waals surface area contributed by atoms with E-state index in [1.165, 1.54) is 5.56 Å². The zero-order valence-corrected chi connectivity index (χ0v) is 12.6. The average molecular weight is 324 g/mol. The third-order valence-corrected chi connectivity index (χ3v) is 4.84. The van der Waals surface area contributed by atoms with Gasteiger partial charge in [-0.15, -0.1) is 0 Å². The number of carbonyl (C=O) groups is 1. The van der Waals surface area contributed by atoms with Crippen LogP contribution in [0.4, 0.5) is 10.5 Å². The zero-order chi connectivity index (χ0) is 13.4. The van der Waals surface area contributed by atoms with Crippen molar-refractivity contribution in [2.24, 2.45) is 0 Å². The molecule has 2 aliphatic rings. The van der Waals surface area contributed by atoms with Crippen LogP contribution in [0.1, 0.15) is 12.0 Å². The number of anilines is 1. The fraction of sp³-hybridized carbons (Fsp3) is 0.500. The smallest absolute Gasteiger partial charge is 0.318 e. The van der Waals surface area contributed by atoms with Crippen LogP contribution < -0.4 is 10.2 Å². The van der Waals surface area contributed by atoms with Crippen LogP contribution in [-0.2, 0) is 0 Å². The van der Waals surface area contributed by atoms with Crippen molar-refractivity contribution in [3.05, 3.63) is 28.2 Å². The third-order valence-electron chi connectivity index (χ3n) is 3.98. The van der Waals surface area contributed by atoms with E-state index in [2.05, 4.69) is 28.2 Å². The lowest BCUT2D eigenvalue weighted by Crippen LogP contribution is -2.40. The van der Waals surface area contributed by atoms with Gasteiger partial charge in [-0.2, -0.15) is 0 Å². The lowest BCUT2D eigenvalue weighted by atomic mass is 10.2. The summed E-state index contributed by atoms with van der Waals surface area (Å²) in [7, 11) is 0. The van der Waals surface area contributed by atoms with Gasteiger partial charge >= 0.3 is 6.03 Å². The van der Waals surface area contributed by atoms with Gasteiger partial charge in [-0.3, -0.25) is 4.90 Å². The molecule has 102 valence electrons. The molecule has 2 heterocycles. The number of rotatable bonds is 2. The molecule has 0 bridgehead atoms. The summed E-state index contributed by atoms with van der Waals surface area (Å²) in [4.78, 5) is 16.4. The monoisotopic (exact) mass is 323 g/mol. The predicted molar refractivity (Wildman–Crippen MR) is 79.6 cm³/mol. The summed E-state index contributed by atoms with van der Waals surface area (Å²) >= 11 is 3.53. The molecular formula is C14H18BrN3O. The molecule has 0 spiro atoms. The number of nitrogens with one attached hydrogen (secondary N) is 1. The van der Waals surface area contributed by atoms with Crippen LogP contribution in [0.15, 0.2) is 22.7 Å². The van der Waals surface area contributed by atoms with Crippen LogP contribution >= 0.6 is 15.9 Å². The van der Waals surface area contributed by atoms with E-state index in [9.17, 15) is 4.79 Å². The molecule has 0 aliphatic carbocycles. The van der Waals surface area contributed by atoms with Crippen molar-refractivity contribution in [1.29, 1.82) is 0 Å². The number of aryl methyl sites for hydroxylation is 1. The largest absolute Gasteiger partial charge is 0.324 e. The fourth-order valence-electron chi connectivity index (χ4n) is 2.79. The first kappa shape index (κ1) is 12.9. The highest BCUT2D eigenvalue weighted by molar-refractivity contribution is 9.10. The summed E-state index contributed by atoms with van der Waals surface area (Å²) in [5.74, 6) is 0. The zero-order valence-electron chi connectivity index (χ0n) is 11.0. The SMILES string of the molecule is Cc1ccc(N2CCN(C3CCNC3)C2=O)cc1Br. The Hall–Kier alpha value is -1.07. The predicted octanol–water partition coefficient (Wildman–Crippen LogP) is 2.36. The molecule has 0 saturated carbocycles. The normalized spacial score (nSPS) is 23.5. The van der Waals surface area contributed by atoms with Crippen molar-refractivity contribution < 1.29 is 4.79 Å². The first-order chi connectivity index (χ1) is 9.16. The Morgan fingerprint density at radius 2 is 2.21 bits per heavy atom. The third kappa shape index (κ3) is 2.37. The standard InChI is InChI=1S/C14H18BrN3O/c1-10-2-3-11(8-13(10)15)17-6-7-18(14(17)19)12-4-5-16-9-12/h2-3,8,12,16H,4-7,9H2,1H3.